The van der Waals surface area contributed by atoms with Gasteiger partial charge in [0.15, 0.2) is 0 Å². The van der Waals surface area contributed by atoms with Crippen molar-refractivity contribution in [2.75, 3.05) is 13.7 Å². The lowest BCUT2D eigenvalue weighted by Crippen LogP contribution is -2.41. The van der Waals surface area contributed by atoms with E-state index in [1.807, 2.05) is 32.9 Å². The summed E-state index contributed by atoms with van der Waals surface area (Å²) in [4.78, 5) is 26.1. The molecule has 3 rings (SSSR count). The van der Waals surface area contributed by atoms with E-state index >= 15 is 0 Å². The molecule has 0 saturated heterocycles. The maximum atomic E-state index is 12.8. The predicted octanol–water partition coefficient (Wildman–Crippen LogP) is 3.87. The van der Waals surface area contributed by atoms with Crippen LogP contribution < -0.4 is 0 Å². The molecule has 1 aromatic rings. The second-order valence-electron chi connectivity index (χ2n) is 8.52. The van der Waals surface area contributed by atoms with Crippen LogP contribution in [0.2, 0.25) is 0 Å². The molecular formula is C21H26N2O4. The Morgan fingerprint density at radius 1 is 1.26 bits per heavy atom. The summed E-state index contributed by atoms with van der Waals surface area (Å²) in [6.45, 7) is 5.95. The summed E-state index contributed by atoms with van der Waals surface area (Å²) in [5.41, 5.74) is 0.580. The predicted molar refractivity (Wildman–Crippen MR) is 99.1 cm³/mol. The van der Waals surface area contributed by atoms with Crippen LogP contribution in [0.15, 0.2) is 24.3 Å². The van der Waals surface area contributed by atoms with E-state index in [9.17, 15) is 14.9 Å². The zero-order valence-electron chi connectivity index (χ0n) is 16.3. The third-order valence-corrected chi connectivity index (χ3v) is 5.11. The van der Waals surface area contributed by atoms with Crippen molar-refractivity contribution < 1.29 is 19.1 Å². The Bertz CT molecular complexity index is 769. The first-order valence-corrected chi connectivity index (χ1v) is 9.27. The number of esters is 1. The van der Waals surface area contributed by atoms with Crippen LogP contribution in [0.4, 0.5) is 4.79 Å². The number of methoxy groups -OCH3 is 1. The first-order valence-electron chi connectivity index (χ1n) is 9.27. The Morgan fingerprint density at radius 3 is 2.37 bits per heavy atom. The molecule has 6 heteroatoms. The number of rotatable bonds is 5. The smallest absolute Gasteiger partial charge is 0.410 e. The Balaban J connectivity index is 1.73. The molecule has 6 nitrogen and oxygen atoms in total. The summed E-state index contributed by atoms with van der Waals surface area (Å²) in [5.74, 6) is -0.173. The molecule has 0 aliphatic heterocycles. The van der Waals surface area contributed by atoms with Crippen molar-refractivity contribution in [2.45, 2.75) is 57.6 Å². The highest BCUT2D eigenvalue weighted by Gasteiger charge is 2.52. The summed E-state index contributed by atoms with van der Waals surface area (Å²) in [6, 6.07) is 9.68. The van der Waals surface area contributed by atoms with Crippen LogP contribution in [0, 0.1) is 16.7 Å². The molecule has 1 aromatic carbocycles. The summed E-state index contributed by atoms with van der Waals surface area (Å²) >= 11 is 0. The lowest BCUT2D eigenvalue weighted by Gasteiger charge is -2.29. The third kappa shape index (κ3) is 4.41. The number of ether oxygens (including phenoxy) is 2. The van der Waals surface area contributed by atoms with Crippen molar-refractivity contribution in [2.24, 2.45) is 5.41 Å². The van der Waals surface area contributed by atoms with Crippen LogP contribution in [0.1, 0.15) is 61.9 Å². The van der Waals surface area contributed by atoms with Crippen molar-refractivity contribution in [1.82, 2.24) is 4.90 Å². The molecular weight excluding hydrogens is 344 g/mol. The quantitative estimate of drug-likeness (QED) is 0.735. The van der Waals surface area contributed by atoms with Crippen molar-refractivity contribution in [3.05, 3.63) is 35.4 Å². The molecule has 0 aromatic heterocycles. The molecule has 1 amide bonds. The largest absolute Gasteiger partial charge is 0.465 e. The fourth-order valence-corrected chi connectivity index (χ4v) is 3.29. The van der Waals surface area contributed by atoms with Crippen LogP contribution in [0.5, 0.6) is 0 Å². The van der Waals surface area contributed by atoms with Gasteiger partial charge in [-0.25, -0.2) is 9.59 Å². The Morgan fingerprint density at radius 2 is 1.89 bits per heavy atom. The van der Waals surface area contributed by atoms with Gasteiger partial charge in [-0.15, -0.1) is 0 Å². The normalized spacial score (nSPS) is 22.3. The van der Waals surface area contributed by atoms with Gasteiger partial charge in [-0.1, -0.05) is 12.1 Å². The highest BCUT2D eigenvalue weighted by Crippen LogP contribution is 2.50. The van der Waals surface area contributed by atoms with Gasteiger partial charge < -0.3 is 14.4 Å². The number of hydrogen-bond acceptors (Lipinski definition) is 5. The topological polar surface area (TPSA) is 79.6 Å². The Labute approximate surface area is 160 Å². The van der Waals surface area contributed by atoms with Crippen molar-refractivity contribution in [3.8, 4) is 6.07 Å². The molecule has 2 fully saturated rings. The molecule has 27 heavy (non-hydrogen) atoms. The molecule has 144 valence electrons. The minimum atomic E-state index is -0.578. The van der Waals surface area contributed by atoms with E-state index < -0.39 is 11.0 Å². The van der Waals surface area contributed by atoms with Crippen molar-refractivity contribution in [3.63, 3.8) is 0 Å². The number of nitriles is 1. The standard InChI is InChI=1S/C21H26N2O4/c1-20(2,3)27-19(25)23(13-21(12-22)9-10-21)17-11-16(17)14-5-7-15(8-6-14)18(24)26-4/h5-8,16-17H,9-11,13H2,1-4H3. The molecule has 0 radical (unpaired) electrons. The summed E-state index contributed by atoms with van der Waals surface area (Å²) in [7, 11) is 1.36. The number of carbonyl (C=O) groups is 2. The van der Waals surface area contributed by atoms with Gasteiger partial charge in [0.05, 0.1) is 24.2 Å². The highest BCUT2D eigenvalue weighted by molar-refractivity contribution is 5.89. The monoisotopic (exact) mass is 370 g/mol. The molecule has 2 saturated carbocycles. The number of hydrogen-bond donors (Lipinski definition) is 0. The van der Waals surface area contributed by atoms with Crippen molar-refractivity contribution >= 4 is 12.1 Å². The van der Waals surface area contributed by atoms with Crippen molar-refractivity contribution in [1.29, 1.82) is 5.26 Å². The number of benzene rings is 1. The molecule has 2 aliphatic carbocycles. The molecule has 2 unspecified atom stereocenters. The van der Waals surface area contributed by atoms with Crippen LogP contribution >= 0.6 is 0 Å². The number of amides is 1. The minimum absolute atomic E-state index is 0.0228. The number of nitrogens with zero attached hydrogens (tertiary/aromatic N) is 2. The number of carbonyl (C=O) groups excluding carboxylic acids is 2. The zero-order chi connectivity index (χ0) is 19.8. The molecule has 0 heterocycles. The van der Waals surface area contributed by atoms with Gasteiger partial charge in [0.25, 0.3) is 0 Å². The fraction of sp³-hybridized carbons (Fsp3) is 0.571. The minimum Gasteiger partial charge on any atom is -0.465 e. The van der Waals surface area contributed by atoms with Gasteiger partial charge in [0, 0.05) is 18.5 Å². The van der Waals surface area contributed by atoms with Gasteiger partial charge in [-0.05, 0) is 57.7 Å². The van der Waals surface area contributed by atoms with Gasteiger partial charge in [0.2, 0.25) is 0 Å². The van der Waals surface area contributed by atoms with E-state index in [1.165, 1.54) is 7.11 Å². The second-order valence-corrected chi connectivity index (χ2v) is 8.52. The van der Waals surface area contributed by atoms with E-state index in [2.05, 4.69) is 6.07 Å². The Hall–Kier alpha value is -2.55. The first-order chi connectivity index (χ1) is 12.7. The Kier molecular flexibility index (Phi) is 4.90. The lowest BCUT2D eigenvalue weighted by atomic mass is 10.1. The molecule has 0 spiro atoms. The molecule has 0 bridgehead atoms. The van der Waals surface area contributed by atoms with Crippen LogP contribution in [0.3, 0.4) is 0 Å². The van der Waals surface area contributed by atoms with E-state index in [4.69, 9.17) is 9.47 Å². The van der Waals surface area contributed by atoms with E-state index in [-0.39, 0.29) is 24.0 Å². The first kappa shape index (κ1) is 19.2. The zero-order valence-corrected chi connectivity index (χ0v) is 16.3. The summed E-state index contributed by atoms with van der Waals surface area (Å²) in [6.07, 6.45) is 2.13. The van der Waals surface area contributed by atoms with E-state index in [0.29, 0.717) is 12.1 Å². The van der Waals surface area contributed by atoms with Crippen LogP contribution in [-0.2, 0) is 9.47 Å². The van der Waals surface area contributed by atoms with Crippen LogP contribution in [-0.4, -0.2) is 42.3 Å². The highest BCUT2D eigenvalue weighted by atomic mass is 16.6. The average Bonchev–Trinajstić information content (AvgIpc) is 3.52. The maximum absolute atomic E-state index is 12.8. The van der Waals surface area contributed by atoms with Gasteiger partial charge in [-0.2, -0.15) is 5.26 Å². The maximum Gasteiger partial charge on any atom is 0.410 e. The molecule has 2 atom stereocenters. The van der Waals surface area contributed by atoms with Gasteiger partial charge >= 0.3 is 12.1 Å². The third-order valence-electron chi connectivity index (χ3n) is 5.11. The van der Waals surface area contributed by atoms with E-state index in [0.717, 1.165) is 24.8 Å². The fourth-order valence-electron chi connectivity index (χ4n) is 3.29. The molecule has 0 N–H and O–H groups in total. The van der Waals surface area contributed by atoms with Gasteiger partial charge in [0.1, 0.15) is 5.60 Å². The average molecular weight is 370 g/mol. The molecule has 2 aliphatic rings. The lowest BCUT2D eigenvalue weighted by molar-refractivity contribution is 0.0204. The summed E-state index contributed by atoms with van der Waals surface area (Å²) in [5, 5.41) is 9.44. The van der Waals surface area contributed by atoms with Crippen LogP contribution in [0.25, 0.3) is 0 Å². The van der Waals surface area contributed by atoms with Gasteiger partial charge in [-0.3, -0.25) is 0 Å². The van der Waals surface area contributed by atoms with E-state index in [1.54, 1.807) is 17.0 Å². The summed E-state index contributed by atoms with van der Waals surface area (Å²) < 4.78 is 10.3. The SMILES string of the molecule is COC(=O)c1ccc(C2CC2N(CC2(C#N)CC2)C(=O)OC(C)(C)C)cc1. The second kappa shape index (κ2) is 6.88.